The van der Waals surface area contributed by atoms with Crippen molar-refractivity contribution in [2.24, 2.45) is 0 Å². The van der Waals surface area contributed by atoms with Crippen LogP contribution in [-0.4, -0.2) is 37.5 Å². The summed E-state index contributed by atoms with van der Waals surface area (Å²) in [6.45, 7) is 1.81. The fraction of sp³-hybridized carbons (Fsp3) is 0.316. The van der Waals surface area contributed by atoms with Crippen molar-refractivity contribution >= 4 is 21.6 Å². The number of anilines is 1. The summed E-state index contributed by atoms with van der Waals surface area (Å²) >= 11 is 0. The first-order valence-electron chi connectivity index (χ1n) is 8.46. The molecule has 0 unspecified atom stereocenters. The molecule has 0 radical (unpaired) electrons. The number of ether oxygens (including phenoxy) is 1. The van der Waals surface area contributed by atoms with Gasteiger partial charge in [-0.05, 0) is 48.7 Å². The lowest BCUT2D eigenvalue weighted by Gasteiger charge is -2.34. The number of methoxy groups -OCH3 is 1. The second kappa shape index (κ2) is 7.47. The summed E-state index contributed by atoms with van der Waals surface area (Å²) in [7, 11) is -1.94. The molecule has 26 heavy (non-hydrogen) atoms. The van der Waals surface area contributed by atoms with E-state index >= 15 is 0 Å². The van der Waals surface area contributed by atoms with Crippen LogP contribution < -0.4 is 10.1 Å². The predicted molar refractivity (Wildman–Crippen MR) is 101 cm³/mol. The molecule has 6 nitrogen and oxygen atoms in total. The fourth-order valence-corrected chi connectivity index (χ4v) is 4.31. The molecule has 2 aromatic rings. The molecule has 0 saturated heterocycles. The molecule has 2 aromatic carbocycles. The third kappa shape index (κ3) is 3.73. The minimum atomic E-state index is -3.51. The smallest absolute Gasteiger partial charge is 0.243 e. The van der Waals surface area contributed by atoms with Gasteiger partial charge in [0.25, 0.3) is 0 Å². The van der Waals surface area contributed by atoms with E-state index in [1.807, 2.05) is 24.3 Å². The second-order valence-corrected chi connectivity index (χ2v) is 8.36. The van der Waals surface area contributed by atoms with E-state index in [0.717, 1.165) is 11.1 Å². The van der Waals surface area contributed by atoms with E-state index in [2.05, 4.69) is 5.32 Å². The lowest BCUT2D eigenvalue weighted by Crippen LogP contribution is -2.51. The van der Waals surface area contributed by atoms with Crippen LogP contribution in [-0.2, 0) is 27.8 Å². The molecule has 1 atom stereocenters. The van der Waals surface area contributed by atoms with E-state index in [0.29, 0.717) is 17.9 Å². The highest BCUT2D eigenvalue weighted by Crippen LogP contribution is 2.27. The van der Waals surface area contributed by atoms with Gasteiger partial charge in [0.15, 0.2) is 0 Å². The van der Waals surface area contributed by atoms with Gasteiger partial charge in [0.05, 0.1) is 12.9 Å². The number of rotatable bonds is 5. The average molecular weight is 374 g/mol. The van der Waals surface area contributed by atoms with Crippen LogP contribution in [0.25, 0.3) is 0 Å². The zero-order chi connectivity index (χ0) is 18.7. The zero-order valence-electron chi connectivity index (χ0n) is 14.8. The maximum Gasteiger partial charge on any atom is 0.243 e. The first-order valence-corrected chi connectivity index (χ1v) is 10.1. The Morgan fingerprint density at radius 3 is 2.42 bits per heavy atom. The Morgan fingerprint density at radius 1 is 1.15 bits per heavy atom. The SMILES string of the molecule is CCS(=O)(=O)N1Cc2ccccc2C[C@H]1C(=O)Nc1ccc(OC)cc1. The largest absolute Gasteiger partial charge is 0.497 e. The van der Waals surface area contributed by atoms with Gasteiger partial charge < -0.3 is 10.1 Å². The highest BCUT2D eigenvalue weighted by atomic mass is 32.2. The Labute approximate surface area is 153 Å². The molecule has 1 heterocycles. The molecule has 7 heteroatoms. The van der Waals surface area contributed by atoms with Crippen LogP contribution in [0.2, 0.25) is 0 Å². The van der Waals surface area contributed by atoms with Gasteiger partial charge in [-0.2, -0.15) is 4.31 Å². The maximum absolute atomic E-state index is 12.9. The minimum Gasteiger partial charge on any atom is -0.497 e. The molecule has 1 aliphatic rings. The van der Waals surface area contributed by atoms with E-state index in [1.54, 1.807) is 38.3 Å². The van der Waals surface area contributed by atoms with E-state index in [1.165, 1.54) is 4.31 Å². The quantitative estimate of drug-likeness (QED) is 0.872. The highest BCUT2D eigenvalue weighted by Gasteiger charge is 2.37. The third-order valence-electron chi connectivity index (χ3n) is 4.59. The topological polar surface area (TPSA) is 75.7 Å². The van der Waals surface area contributed by atoms with Crippen molar-refractivity contribution in [2.45, 2.75) is 25.9 Å². The van der Waals surface area contributed by atoms with Crippen LogP contribution in [0.3, 0.4) is 0 Å². The predicted octanol–water partition coefficient (Wildman–Crippen LogP) is 2.41. The summed E-state index contributed by atoms with van der Waals surface area (Å²) in [6.07, 6.45) is 0.359. The van der Waals surface area contributed by atoms with Gasteiger partial charge in [0.1, 0.15) is 11.8 Å². The van der Waals surface area contributed by atoms with Crippen molar-refractivity contribution < 1.29 is 17.9 Å². The Bertz CT molecular complexity index is 894. The number of hydrogen-bond acceptors (Lipinski definition) is 4. The van der Waals surface area contributed by atoms with Gasteiger partial charge >= 0.3 is 0 Å². The van der Waals surface area contributed by atoms with Gasteiger partial charge in [-0.25, -0.2) is 8.42 Å². The summed E-state index contributed by atoms with van der Waals surface area (Å²) in [5.74, 6) is 0.313. The second-order valence-electron chi connectivity index (χ2n) is 6.15. The first kappa shape index (κ1) is 18.4. The normalized spacial score (nSPS) is 17.4. The lowest BCUT2D eigenvalue weighted by atomic mass is 9.95. The van der Waals surface area contributed by atoms with Gasteiger partial charge in [0.2, 0.25) is 15.9 Å². The van der Waals surface area contributed by atoms with Gasteiger partial charge in [-0.1, -0.05) is 24.3 Å². The maximum atomic E-state index is 12.9. The van der Waals surface area contributed by atoms with Crippen molar-refractivity contribution in [2.75, 3.05) is 18.2 Å². The minimum absolute atomic E-state index is 0.0402. The number of amides is 1. The van der Waals surface area contributed by atoms with Crippen molar-refractivity contribution in [1.82, 2.24) is 4.31 Å². The number of carbonyl (C=O) groups excluding carboxylic acids is 1. The summed E-state index contributed by atoms with van der Waals surface area (Å²) in [5, 5.41) is 2.82. The Morgan fingerprint density at radius 2 is 1.81 bits per heavy atom. The molecule has 0 aliphatic carbocycles. The van der Waals surface area contributed by atoms with Crippen LogP contribution in [0, 0.1) is 0 Å². The molecule has 0 saturated carbocycles. The molecule has 0 spiro atoms. The number of nitrogens with one attached hydrogen (secondary N) is 1. The number of carbonyl (C=O) groups is 1. The molecule has 1 aliphatic heterocycles. The molecule has 138 valence electrons. The molecule has 0 fully saturated rings. The molecule has 0 aromatic heterocycles. The molecular formula is C19H22N2O4S. The number of hydrogen-bond donors (Lipinski definition) is 1. The molecule has 1 N–H and O–H groups in total. The van der Waals surface area contributed by atoms with Crippen LogP contribution in [0.15, 0.2) is 48.5 Å². The molecule has 1 amide bonds. The van der Waals surface area contributed by atoms with Gasteiger partial charge in [0, 0.05) is 12.2 Å². The average Bonchev–Trinajstić information content (AvgIpc) is 2.67. The number of benzene rings is 2. The van der Waals surface area contributed by atoms with E-state index in [9.17, 15) is 13.2 Å². The van der Waals surface area contributed by atoms with Crippen LogP contribution in [0.4, 0.5) is 5.69 Å². The number of fused-ring (bicyclic) bond motifs is 1. The van der Waals surface area contributed by atoms with Gasteiger partial charge in [-0.3, -0.25) is 4.79 Å². The van der Waals surface area contributed by atoms with Crippen molar-refractivity contribution in [3.8, 4) is 5.75 Å². The third-order valence-corrected chi connectivity index (χ3v) is 6.42. The Kier molecular flexibility index (Phi) is 5.29. The van der Waals surface area contributed by atoms with Crippen molar-refractivity contribution in [3.05, 3.63) is 59.7 Å². The van der Waals surface area contributed by atoms with Crippen LogP contribution in [0.1, 0.15) is 18.1 Å². The Hall–Kier alpha value is -2.38. The summed E-state index contributed by atoms with van der Waals surface area (Å²) in [5.41, 5.74) is 2.55. The summed E-state index contributed by atoms with van der Waals surface area (Å²) in [4.78, 5) is 12.9. The van der Waals surface area contributed by atoms with Crippen LogP contribution in [0.5, 0.6) is 5.75 Å². The molecular weight excluding hydrogens is 352 g/mol. The van der Waals surface area contributed by atoms with Gasteiger partial charge in [-0.15, -0.1) is 0 Å². The first-order chi connectivity index (χ1) is 12.4. The van der Waals surface area contributed by atoms with Crippen LogP contribution >= 0.6 is 0 Å². The van der Waals surface area contributed by atoms with Crippen molar-refractivity contribution in [3.63, 3.8) is 0 Å². The monoisotopic (exact) mass is 374 g/mol. The zero-order valence-corrected chi connectivity index (χ0v) is 15.6. The lowest BCUT2D eigenvalue weighted by molar-refractivity contribution is -0.120. The van der Waals surface area contributed by atoms with Crippen molar-refractivity contribution in [1.29, 1.82) is 0 Å². The molecule has 3 rings (SSSR count). The Balaban J connectivity index is 1.87. The van der Waals surface area contributed by atoms with E-state index < -0.39 is 16.1 Å². The summed E-state index contributed by atoms with van der Waals surface area (Å²) in [6, 6.07) is 13.8. The van der Waals surface area contributed by atoms with E-state index in [-0.39, 0.29) is 18.2 Å². The number of nitrogens with zero attached hydrogens (tertiary/aromatic N) is 1. The van der Waals surface area contributed by atoms with E-state index in [4.69, 9.17) is 4.74 Å². The number of sulfonamides is 1. The fourth-order valence-electron chi connectivity index (χ4n) is 3.08. The summed E-state index contributed by atoms with van der Waals surface area (Å²) < 4.78 is 31.5. The molecule has 0 bridgehead atoms. The highest BCUT2D eigenvalue weighted by molar-refractivity contribution is 7.89. The standard InChI is InChI=1S/C19H22N2O4S/c1-3-26(23,24)21-13-15-7-5-4-6-14(15)12-18(21)19(22)20-16-8-10-17(25-2)11-9-16/h4-11,18H,3,12-13H2,1-2H3,(H,20,22)/t18-/m0/s1.